The second-order valence-electron chi connectivity index (χ2n) is 13.5. The van der Waals surface area contributed by atoms with Crippen LogP contribution in [0.5, 0.6) is 5.75 Å². The molecule has 0 aliphatic carbocycles. The van der Waals surface area contributed by atoms with Crippen LogP contribution in [0, 0.1) is 11.8 Å². The van der Waals surface area contributed by atoms with Crippen LogP contribution < -0.4 is 25.5 Å². The predicted octanol–water partition coefficient (Wildman–Crippen LogP) is 3.04. The van der Waals surface area contributed by atoms with E-state index >= 15 is 0 Å². The minimum Gasteiger partial charge on any atom is -0.497 e. The van der Waals surface area contributed by atoms with Crippen LogP contribution in [0.15, 0.2) is 48.7 Å². The van der Waals surface area contributed by atoms with Crippen LogP contribution in [0.3, 0.4) is 0 Å². The maximum absolute atomic E-state index is 14.4. The van der Waals surface area contributed by atoms with E-state index < -0.39 is 13.7 Å². The number of anilines is 2. The van der Waals surface area contributed by atoms with Gasteiger partial charge >= 0.3 is 0 Å². The van der Waals surface area contributed by atoms with Gasteiger partial charge in [0.2, 0.25) is 5.91 Å². The Morgan fingerprint density at radius 1 is 1.24 bits per heavy atom. The topological polar surface area (TPSA) is 131 Å². The molecule has 2 amide bonds. The number of benzene rings is 2. The molecule has 1 aromatic heterocycles. The van der Waals surface area contributed by atoms with E-state index in [1.807, 2.05) is 43.6 Å². The van der Waals surface area contributed by atoms with Crippen LogP contribution in [0.25, 0.3) is 0 Å². The highest BCUT2D eigenvalue weighted by Gasteiger charge is 2.65. The normalized spacial score (nSPS) is 26.0. The Hall–Kier alpha value is -3.58. The maximum Gasteiger partial charge on any atom is 0.264 e. The van der Waals surface area contributed by atoms with Crippen molar-refractivity contribution in [1.29, 1.82) is 0 Å². The molecule has 3 N–H and O–H groups in total. The summed E-state index contributed by atoms with van der Waals surface area (Å²) in [4.78, 5) is 29.3. The summed E-state index contributed by atoms with van der Waals surface area (Å²) in [6, 6.07) is 14.1. The van der Waals surface area contributed by atoms with Crippen LogP contribution in [0.1, 0.15) is 37.4 Å². The summed E-state index contributed by atoms with van der Waals surface area (Å²) in [6.45, 7) is 9.08. The van der Waals surface area contributed by atoms with Crippen molar-refractivity contribution in [2.75, 3.05) is 44.1 Å². The lowest BCUT2D eigenvalue weighted by atomic mass is 9.82. The molecule has 2 fully saturated rings. The molecule has 0 bridgehead atoms. The van der Waals surface area contributed by atoms with Gasteiger partial charge in [-0.1, -0.05) is 42.6 Å². The highest BCUT2D eigenvalue weighted by Crippen LogP contribution is 2.60. The summed E-state index contributed by atoms with van der Waals surface area (Å²) in [6.07, 6.45) is 4.56. The van der Waals surface area contributed by atoms with Crippen molar-refractivity contribution in [3.8, 4) is 5.75 Å². The first-order valence-corrected chi connectivity index (χ1v) is 19.4. The number of nitrogens with one attached hydrogen (secondary N) is 2. The summed E-state index contributed by atoms with van der Waals surface area (Å²) in [5.74, 6) is 0.500. The van der Waals surface area contributed by atoms with E-state index in [1.54, 1.807) is 16.7 Å². The Bertz CT molecular complexity index is 1570. The maximum atomic E-state index is 14.4. The molecule has 3 aromatic rings. The second kappa shape index (κ2) is 12.9. The lowest BCUT2D eigenvalue weighted by Gasteiger charge is -2.37. The Kier molecular flexibility index (Phi) is 9.08. The highest BCUT2D eigenvalue weighted by atomic mass is 28.3. The number of aliphatic hydroxyl groups excluding tert-OH is 1. The largest absolute Gasteiger partial charge is 0.497 e. The number of hydrogen-bond acceptors (Lipinski definition) is 8. The van der Waals surface area contributed by atoms with Crippen LogP contribution in [0.4, 0.5) is 11.4 Å². The van der Waals surface area contributed by atoms with Crippen LogP contribution >= 0.6 is 0 Å². The summed E-state index contributed by atoms with van der Waals surface area (Å²) >= 11 is 0. The number of carbonyl (C=O) groups is 2. The van der Waals surface area contributed by atoms with Crippen molar-refractivity contribution >= 4 is 36.4 Å². The fourth-order valence-electron chi connectivity index (χ4n) is 8.02. The fourth-order valence-corrected chi connectivity index (χ4v) is 12.1. The third kappa shape index (κ3) is 5.65. The van der Waals surface area contributed by atoms with E-state index in [-0.39, 0.29) is 41.9 Å². The molecule has 3 aliphatic heterocycles. The van der Waals surface area contributed by atoms with Gasteiger partial charge < -0.3 is 30.1 Å². The number of carbonyl (C=O) groups excluding carboxylic acids is 2. The van der Waals surface area contributed by atoms with Gasteiger partial charge in [-0.2, -0.15) is 0 Å². The molecule has 246 valence electrons. The lowest BCUT2D eigenvalue weighted by molar-refractivity contribution is -0.145. The molecule has 1 spiro atoms. The zero-order valence-corrected chi connectivity index (χ0v) is 28.5. The molecule has 12 heteroatoms. The molecule has 1 unspecified atom stereocenters. The molecule has 6 rings (SSSR count). The third-order valence-corrected chi connectivity index (χ3v) is 14.9. The average molecular weight is 647 g/mol. The van der Waals surface area contributed by atoms with Crippen molar-refractivity contribution in [2.45, 2.75) is 69.5 Å². The second-order valence-corrected chi connectivity index (χ2v) is 18.2. The van der Waals surface area contributed by atoms with E-state index in [4.69, 9.17) is 9.47 Å². The Morgan fingerprint density at radius 2 is 2.02 bits per heavy atom. The SMILES string of the molecule is COc1ccc([Si](C)(C)[C@@H]2[C@@H](CCn3cc(CCO)nn3)O[C@]3(C(=O)N(C)c4ccc(NC(=O)C5CCCNC5)cc43)[C@H]2C)cc1. The molecular weight excluding hydrogens is 600 g/mol. The van der Waals surface area contributed by atoms with E-state index in [9.17, 15) is 14.7 Å². The fraction of sp³-hybridized carbons (Fsp3) is 0.529. The zero-order valence-electron chi connectivity index (χ0n) is 27.5. The summed E-state index contributed by atoms with van der Waals surface area (Å²) in [5.41, 5.74) is 1.93. The summed E-state index contributed by atoms with van der Waals surface area (Å²) < 4.78 is 14.4. The minimum absolute atomic E-state index is 0.00327. The number of piperidine rings is 1. The number of hydrogen-bond donors (Lipinski definition) is 3. The molecule has 46 heavy (non-hydrogen) atoms. The standard InChI is InChI=1S/C34H46N6O5Si/c1-22-31(46(4,5)27-11-9-26(44-3)10-12-27)30(14-17-40-21-25(15-18-41)37-38-40)45-34(22)28-19-24(8-13-29(28)39(2)33(34)43)36-32(42)23-7-6-16-35-20-23/h8-13,19,21-23,30-31,35,41H,6-7,14-18,20H2,1-5H3,(H,36,42)/t22-,23?,30+,31-,34+/m0/s1. The first-order valence-electron chi connectivity index (χ1n) is 16.4. The van der Waals surface area contributed by atoms with Crippen molar-refractivity contribution in [2.24, 2.45) is 11.8 Å². The van der Waals surface area contributed by atoms with E-state index in [2.05, 4.69) is 53.1 Å². The molecule has 0 radical (unpaired) electrons. The zero-order chi connectivity index (χ0) is 32.6. The number of amides is 2. The number of aryl methyl sites for hydroxylation is 1. The van der Waals surface area contributed by atoms with Gasteiger partial charge in [0.15, 0.2) is 5.60 Å². The molecular formula is C34H46N6O5Si. The first kappa shape index (κ1) is 32.4. The molecule has 4 heterocycles. The third-order valence-electron chi connectivity index (χ3n) is 10.5. The Balaban J connectivity index is 1.36. The van der Waals surface area contributed by atoms with Gasteiger partial charge in [0, 0.05) is 56.5 Å². The van der Waals surface area contributed by atoms with Crippen molar-refractivity contribution < 1.29 is 24.2 Å². The van der Waals surface area contributed by atoms with Gasteiger partial charge in [-0.3, -0.25) is 14.3 Å². The Labute approximate surface area is 271 Å². The molecule has 3 aliphatic rings. The van der Waals surface area contributed by atoms with Gasteiger partial charge in [-0.25, -0.2) is 0 Å². The van der Waals surface area contributed by atoms with Crippen molar-refractivity contribution in [1.82, 2.24) is 20.3 Å². The number of likely N-dealkylation sites (N-methyl/N-ethyl adjacent to an activating group) is 1. The number of aliphatic hydroxyl groups is 1. The number of rotatable bonds is 10. The minimum atomic E-state index is -2.29. The number of aromatic nitrogens is 3. The van der Waals surface area contributed by atoms with Crippen LogP contribution in [0.2, 0.25) is 18.6 Å². The van der Waals surface area contributed by atoms with Gasteiger partial charge in [-0.05, 0) is 61.7 Å². The monoisotopic (exact) mass is 646 g/mol. The number of nitrogens with zero attached hydrogens (tertiary/aromatic N) is 4. The first-order chi connectivity index (χ1) is 22.1. The van der Waals surface area contributed by atoms with Crippen molar-refractivity contribution in [3.05, 3.63) is 59.9 Å². The quantitative estimate of drug-likeness (QED) is 0.287. The number of methoxy groups -OCH3 is 1. The Morgan fingerprint density at radius 3 is 2.72 bits per heavy atom. The van der Waals surface area contributed by atoms with Gasteiger partial charge in [0.05, 0.1) is 38.6 Å². The molecule has 2 aromatic carbocycles. The number of fused-ring (bicyclic) bond motifs is 2. The molecule has 5 atom stereocenters. The van der Waals surface area contributed by atoms with Crippen LogP contribution in [-0.2, 0) is 32.9 Å². The molecule has 2 saturated heterocycles. The van der Waals surface area contributed by atoms with E-state index in [0.717, 1.165) is 42.1 Å². The van der Waals surface area contributed by atoms with Gasteiger partial charge in [-0.15, -0.1) is 5.10 Å². The number of ether oxygens (including phenoxy) is 2. The summed E-state index contributed by atoms with van der Waals surface area (Å²) in [5, 5.41) is 25.5. The van der Waals surface area contributed by atoms with Crippen molar-refractivity contribution in [3.63, 3.8) is 0 Å². The van der Waals surface area contributed by atoms with Crippen LogP contribution in [-0.4, -0.2) is 79.9 Å². The smallest absolute Gasteiger partial charge is 0.264 e. The van der Waals surface area contributed by atoms with E-state index in [0.29, 0.717) is 31.6 Å². The molecule has 0 saturated carbocycles. The molecule has 11 nitrogen and oxygen atoms in total. The van der Waals surface area contributed by atoms with Gasteiger partial charge in [0.25, 0.3) is 5.91 Å². The highest BCUT2D eigenvalue weighted by molar-refractivity contribution is 6.91. The predicted molar refractivity (Wildman–Crippen MR) is 179 cm³/mol. The van der Waals surface area contributed by atoms with E-state index in [1.165, 1.54) is 5.19 Å². The lowest BCUT2D eigenvalue weighted by Crippen LogP contribution is -2.51. The average Bonchev–Trinajstić information content (AvgIpc) is 3.70. The summed E-state index contributed by atoms with van der Waals surface area (Å²) in [7, 11) is 1.19. The van der Waals surface area contributed by atoms with Gasteiger partial charge in [0.1, 0.15) is 5.75 Å².